The molecule has 2 N–H and O–H groups in total. The number of nitrogens with one attached hydrogen (secondary N) is 2. The van der Waals surface area contributed by atoms with Gasteiger partial charge >= 0.3 is 11.9 Å². The smallest absolute Gasteiger partial charge is 0.328 e. The molecule has 1 aromatic carbocycles. The average Bonchev–Trinajstić information content (AvgIpc) is 2.60. The molecular formula is C17H22N2O6. The number of rotatable bonds is 8. The first-order valence-electron chi connectivity index (χ1n) is 7.63. The van der Waals surface area contributed by atoms with Crippen LogP contribution in [0.1, 0.15) is 18.9 Å². The number of amides is 2. The standard InChI is InChI=1S/C17H22N2O6/c1-11(20)18-13(10-15(21)24-2)16(22)19-14(17(23)25-3)9-12-7-5-4-6-8-12/h4-8,13-14H,9-10H2,1-3H3,(H,18,20)(H,19,22). The van der Waals surface area contributed by atoms with Crippen LogP contribution < -0.4 is 10.6 Å². The first kappa shape index (κ1) is 20.1. The van der Waals surface area contributed by atoms with Crippen molar-refractivity contribution in [1.29, 1.82) is 0 Å². The fourth-order valence-electron chi connectivity index (χ4n) is 2.16. The van der Waals surface area contributed by atoms with Gasteiger partial charge in [-0.15, -0.1) is 0 Å². The van der Waals surface area contributed by atoms with Crippen LogP contribution in [-0.4, -0.2) is 50.1 Å². The van der Waals surface area contributed by atoms with E-state index in [2.05, 4.69) is 15.4 Å². The molecule has 2 amide bonds. The number of esters is 2. The van der Waals surface area contributed by atoms with Gasteiger partial charge in [-0.3, -0.25) is 14.4 Å². The zero-order chi connectivity index (χ0) is 18.8. The van der Waals surface area contributed by atoms with E-state index in [9.17, 15) is 19.2 Å². The number of carbonyl (C=O) groups is 4. The Bertz CT molecular complexity index is 617. The van der Waals surface area contributed by atoms with Gasteiger partial charge in [0.1, 0.15) is 12.1 Å². The number of methoxy groups -OCH3 is 2. The Labute approximate surface area is 145 Å². The Morgan fingerprint density at radius 3 is 2.12 bits per heavy atom. The lowest BCUT2D eigenvalue weighted by Gasteiger charge is -2.21. The summed E-state index contributed by atoms with van der Waals surface area (Å²) in [6.07, 6.45) is -0.134. The summed E-state index contributed by atoms with van der Waals surface area (Å²) in [6, 6.07) is 6.97. The third-order valence-electron chi connectivity index (χ3n) is 3.38. The van der Waals surface area contributed by atoms with E-state index in [4.69, 9.17) is 4.74 Å². The molecule has 0 saturated heterocycles. The summed E-state index contributed by atoms with van der Waals surface area (Å²) in [6.45, 7) is 1.22. The highest BCUT2D eigenvalue weighted by atomic mass is 16.5. The van der Waals surface area contributed by atoms with Gasteiger partial charge in [-0.05, 0) is 5.56 Å². The van der Waals surface area contributed by atoms with E-state index in [0.29, 0.717) is 0 Å². The van der Waals surface area contributed by atoms with E-state index in [1.807, 2.05) is 30.3 Å². The highest BCUT2D eigenvalue weighted by Gasteiger charge is 2.28. The lowest BCUT2D eigenvalue weighted by molar-refractivity contribution is -0.146. The fraction of sp³-hybridized carbons (Fsp3) is 0.412. The number of carbonyl (C=O) groups excluding carboxylic acids is 4. The van der Waals surface area contributed by atoms with Crippen molar-refractivity contribution < 1.29 is 28.7 Å². The minimum Gasteiger partial charge on any atom is -0.469 e. The predicted molar refractivity (Wildman–Crippen MR) is 88.3 cm³/mol. The van der Waals surface area contributed by atoms with E-state index < -0.39 is 35.8 Å². The number of ether oxygens (including phenoxy) is 2. The molecule has 8 heteroatoms. The summed E-state index contributed by atoms with van der Waals surface area (Å²) in [5.74, 6) is -2.45. The van der Waals surface area contributed by atoms with E-state index in [-0.39, 0.29) is 12.8 Å². The fourth-order valence-corrected chi connectivity index (χ4v) is 2.16. The van der Waals surface area contributed by atoms with Gasteiger partial charge in [0, 0.05) is 13.3 Å². The summed E-state index contributed by atoms with van der Waals surface area (Å²) >= 11 is 0. The molecule has 0 heterocycles. The highest BCUT2D eigenvalue weighted by molar-refractivity contribution is 5.93. The van der Waals surface area contributed by atoms with Crippen LogP contribution in [0.15, 0.2) is 30.3 Å². The van der Waals surface area contributed by atoms with E-state index in [0.717, 1.165) is 5.56 Å². The quantitative estimate of drug-likeness (QED) is 0.636. The molecule has 0 aliphatic carbocycles. The van der Waals surface area contributed by atoms with Gasteiger partial charge in [0.05, 0.1) is 20.6 Å². The zero-order valence-electron chi connectivity index (χ0n) is 14.4. The van der Waals surface area contributed by atoms with Crippen LogP contribution in [0.5, 0.6) is 0 Å². The molecule has 0 saturated carbocycles. The largest absolute Gasteiger partial charge is 0.469 e. The maximum absolute atomic E-state index is 12.4. The SMILES string of the molecule is COC(=O)CC(NC(C)=O)C(=O)NC(Cc1ccccc1)C(=O)OC. The van der Waals surface area contributed by atoms with Crippen LogP contribution in [0.2, 0.25) is 0 Å². The summed E-state index contributed by atoms with van der Waals surface area (Å²) in [5, 5.41) is 4.88. The lowest BCUT2D eigenvalue weighted by atomic mass is 10.1. The Hall–Kier alpha value is -2.90. The van der Waals surface area contributed by atoms with Crippen LogP contribution in [-0.2, 0) is 35.1 Å². The van der Waals surface area contributed by atoms with Crippen molar-refractivity contribution in [1.82, 2.24) is 10.6 Å². The molecule has 0 aliphatic rings. The van der Waals surface area contributed by atoms with E-state index >= 15 is 0 Å². The van der Waals surface area contributed by atoms with E-state index in [1.54, 1.807) is 0 Å². The van der Waals surface area contributed by atoms with Gasteiger partial charge in [-0.1, -0.05) is 30.3 Å². The van der Waals surface area contributed by atoms with Crippen molar-refractivity contribution >= 4 is 23.8 Å². The molecule has 0 fully saturated rings. The Balaban J connectivity index is 2.87. The third-order valence-corrected chi connectivity index (χ3v) is 3.38. The minimum absolute atomic E-state index is 0.213. The van der Waals surface area contributed by atoms with Crippen LogP contribution >= 0.6 is 0 Å². The summed E-state index contributed by atoms with van der Waals surface area (Å²) < 4.78 is 9.24. The van der Waals surface area contributed by atoms with Crippen molar-refractivity contribution in [2.75, 3.05) is 14.2 Å². The Kier molecular flexibility index (Phi) is 8.11. The van der Waals surface area contributed by atoms with Crippen molar-refractivity contribution in [2.45, 2.75) is 31.8 Å². The molecular weight excluding hydrogens is 328 g/mol. The molecule has 136 valence electrons. The Morgan fingerprint density at radius 1 is 0.960 bits per heavy atom. The van der Waals surface area contributed by atoms with Crippen molar-refractivity contribution in [2.24, 2.45) is 0 Å². The molecule has 0 spiro atoms. The molecule has 1 aromatic rings. The number of hydrogen-bond acceptors (Lipinski definition) is 6. The first-order chi connectivity index (χ1) is 11.9. The maximum Gasteiger partial charge on any atom is 0.328 e. The van der Waals surface area contributed by atoms with Crippen LogP contribution in [0.3, 0.4) is 0 Å². The monoisotopic (exact) mass is 350 g/mol. The van der Waals surface area contributed by atoms with Gasteiger partial charge in [0.25, 0.3) is 0 Å². The summed E-state index contributed by atoms with van der Waals surface area (Å²) in [4.78, 5) is 47.1. The van der Waals surface area contributed by atoms with Crippen LogP contribution in [0.4, 0.5) is 0 Å². The molecule has 1 rings (SSSR count). The van der Waals surface area contributed by atoms with Crippen LogP contribution in [0, 0.1) is 0 Å². The van der Waals surface area contributed by atoms with Gasteiger partial charge < -0.3 is 20.1 Å². The van der Waals surface area contributed by atoms with Gasteiger partial charge in [-0.25, -0.2) is 4.79 Å². The third kappa shape index (κ3) is 7.03. The number of hydrogen-bond donors (Lipinski definition) is 2. The molecule has 2 unspecified atom stereocenters. The second-order valence-electron chi connectivity index (χ2n) is 5.31. The minimum atomic E-state index is -1.15. The number of benzene rings is 1. The molecule has 2 atom stereocenters. The van der Waals surface area contributed by atoms with Crippen molar-refractivity contribution in [3.05, 3.63) is 35.9 Å². The van der Waals surface area contributed by atoms with Gasteiger partial charge in [0.2, 0.25) is 11.8 Å². The molecule has 8 nitrogen and oxygen atoms in total. The predicted octanol–water partition coefficient (Wildman–Crippen LogP) is -0.0453. The average molecular weight is 350 g/mol. The zero-order valence-corrected chi connectivity index (χ0v) is 14.4. The summed E-state index contributed by atoms with van der Waals surface area (Å²) in [5.41, 5.74) is 0.822. The first-order valence-corrected chi connectivity index (χ1v) is 7.63. The molecule has 25 heavy (non-hydrogen) atoms. The second kappa shape index (κ2) is 10.1. The van der Waals surface area contributed by atoms with Gasteiger partial charge in [-0.2, -0.15) is 0 Å². The second-order valence-corrected chi connectivity index (χ2v) is 5.31. The lowest BCUT2D eigenvalue weighted by Crippen LogP contribution is -2.52. The molecule has 0 bridgehead atoms. The molecule has 0 aromatic heterocycles. The maximum atomic E-state index is 12.4. The topological polar surface area (TPSA) is 111 Å². The Morgan fingerprint density at radius 2 is 1.60 bits per heavy atom. The van der Waals surface area contributed by atoms with Gasteiger partial charge in [0.15, 0.2) is 0 Å². The molecule has 0 radical (unpaired) electrons. The van der Waals surface area contributed by atoms with Crippen molar-refractivity contribution in [3.8, 4) is 0 Å². The summed E-state index contributed by atoms with van der Waals surface area (Å²) in [7, 11) is 2.39. The van der Waals surface area contributed by atoms with Crippen molar-refractivity contribution in [3.63, 3.8) is 0 Å². The molecule has 0 aliphatic heterocycles. The van der Waals surface area contributed by atoms with E-state index in [1.165, 1.54) is 21.1 Å². The van der Waals surface area contributed by atoms with Crippen LogP contribution in [0.25, 0.3) is 0 Å². The highest BCUT2D eigenvalue weighted by Crippen LogP contribution is 2.06. The normalized spacial score (nSPS) is 12.4.